The van der Waals surface area contributed by atoms with E-state index < -0.39 is 25.7 Å². The predicted molar refractivity (Wildman–Crippen MR) is 153 cm³/mol. The van der Waals surface area contributed by atoms with Crippen molar-refractivity contribution in [1.29, 1.82) is 0 Å². The smallest absolute Gasteiger partial charge is 0.254 e. The summed E-state index contributed by atoms with van der Waals surface area (Å²) in [5.74, 6) is -0.608. The molecule has 10 heteroatoms. The number of nitrogens with zero attached hydrogens (tertiary/aromatic N) is 2. The molecule has 5 rings (SSSR count). The van der Waals surface area contributed by atoms with Crippen LogP contribution in [0.25, 0.3) is 0 Å². The molecule has 1 amide bonds. The van der Waals surface area contributed by atoms with Crippen LogP contribution >= 0.6 is 23.0 Å². The fraction of sp³-hybridized carbons (Fsp3) is 0.321. The average molecular weight is 577 g/mol. The van der Waals surface area contributed by atoms with Crippen molar-refractivity contribution in [2.75, 3.05) is 31.9 Å². The van der Waals surface area contributed by atoms with E-state index in [1.807, 2.05) is 0 Å². The van der Waals surface area contributed by atoms with Gasteiger partial charge in [0, 0.05) is 43.9 Å². The van der Waals surface area contributed by atoms with Gasteiger partial charge in [-0.1, -0.05) is 55.5 Å². The summed E-state index contributed by atoms with van der Waals surface area (Å²) >= 11 is 0. The molecule has 7 nitrogen and oxygen atoms in total. The first-order valence-corrected chi connectivity index (χ1v) is 15.7. The lowest BCUT2D eigenvalue weighted by Crippen LogP contribution is -2.48. The normalized spacial score (nSPS) is 19.9. The predicted octanol–water partition coefficient (Wildman–Crippen LogP) is 5.27. The number of sulfone groups is 1. The molecular formula is C28H33ClN2O5S2. The number of hydrogen-bond donors (Lipinski definition) is 2. The molecule has 3 aromatic carbocycles. The fourth-order valence-electron chi connectivity index (χ4n) is 5.17. The zero-order valence-electron chi connectivity index (χ0n) is 21.2. The van der Waals surface area contributed by atoms with Gasteiger partial charge in [-0.15, -0.1) is 12.4 Å². The molecule has 2 aliphatic rings. The summed E-state index contributed by atoms with van der Waals surface area (Å²) < 4.78 is 48.7. The number of piperazine rings is 1. The average Bonchev–Trinajstić information content (AvgIpc) is 3.21. The van der Waals surface area contributed by atoms with Crippen molar-refractivity contribution in [2.45, 2.75) is 34.9 Å². The van der Waals surface area contributed by atoms with Gasteiger partial charge in [-0.3, -0.25) is 18.8 Å². The summed E-state index contributed by atoms with van der Waals surface area (Å²) in [6.07, 6.45) is 1.01. The van der Waals surface area contributed by atoms with Gasteiger partial charge in [0.15, 0.2) is 9.84 Å². The third-order valence-electron chi connectivity index (χ3n) is 7.30. The number of rotatable bonds is 6. The van der Waals surface area contributed by atoms with Gasteiger partial charge in [0.2, 0.25) is 0 Å². The Hall–Kier alpha value is -2.40. The molecule has 1 atom stereocenters. The molecule has 0 saturated carbocycles. The minimum atomic E-state index is -3.94. The Balaban J connectivity index is 0.00000336. The van der Waals surface area contributed by atoms with Crippen LogP contribution in [0.15, 0.2) is 82.6 Å². The number of benzene rings is 3. The van der Waals surface area contributed by atoms with Gasteiger partial charge in [-0.25, -0.2) is 8.42 Å². The van der Waals surface area contributed by atoms with E-state index in [2.05, 4.69) is 36.1 Å². The van der Waals surface area contributed by atoms with Gasteiger partial charge >= 0.3 is 0 Å². The summed E-state index contributed by atoms with van der Waals surface area (Å²) in [7, 11) is -7.28. The highest BCUT2D eigenvalue weighted by atomic mass is 35.5. The van der Waals surface area contributed by atoms with Gasteiger partial charge in [-0.2, -0.15) is 10.6 Å². The van der Waals surface area contributed by atoms with Crippen molar-refractivity contribution in [1.82, 2.24) is 9.80 Å². The van der Waals surface area contributed by atoms with Crippen LogP contribution in [-0.2, 0) is 22.8 Å². The Bertz CT molecular complexity index is 1390. The summed E-state index contributed by atoms with van der Waals surface area (Å²) in [6, 6.07) is 21.3. The number of fused-ring (bicyclic) bond motifs is 1. The molecule has 0 spiro atoms. The molecule has 2 N–H and O–H groups in total. The Morgan fingerprint density at radius 1 is 0.895 bits per heavy atom. The quantitative estimate of drug-likeness (QED) is 0.415. The van der Waals surface area contributed by atoms with E-state index in [0.29, 0.717) is 26.2 Å². The molecular weight excluding hydrogens is 544 g/mol. The first kappa shape index (κ1) is 28.6. The van der Waals surface area contributed by atoms with Gasteiger partial charge < -0.3 is 4.90 Å². The molecule has 0 aromatic heterocycles. The molecule has 204 valence electrons. The summed E-state index contributed by atoms with van der Waals surface area (Å²) in [4.78, 5) is 18.0. The lowest BCUT2D eigenvalue weighted by molar-refractivity contribution is 0.0627. The number of amides is 1. The van der Waals surface area contributed by atoms with Gasteiger partial charge in [0.25, 0.3) is 5.91 Å². The van der Waals surface area contributed by atoms with Crippen LogP contribution in [0.1, 0.15) is 39.2 Å². The molecule has 2 heterocycles. The molecule has 2 aliphatic heterocycles. The molecule has 1 saturated heterocycles. The van der Waals surface area contributed by atoms with E-state index in [9.17, 15) is 22.3 Å². The monoisotopic (exact) mass is 576 g/mol. The number of aryl methyl sites for hydroxylation is 1. The highest BCUT2D eigenvalue weighted by Gasteiger charge is 2.45. The van der Waals surface area contributed by atoms with E-state index in [4.69, 9.17) is 0 Å². The molecule has 38 heavy (non-hydrogen) atoms. The third kappa shape index (κ3) is 5.50. The molecule has 0 bridgehead atoms. The second kappa shape index (κ2) is 11.4. The second-order valence-electron chi connectivity index (χ2n) is 9.64. The Morgan fingerprint density at radius 3 is 2.16 bits per heavy atom. The number of hydrogen-bond acceptors (Lipinski definition) is 6. The largest absolute Gasteiger partial charge is 0.336 e. The van der Waals surface area contributed by atoms with E-state index in [0.717, 1.165) is 13.0 Å². The Labute approximate surface area is 232 Å². The zero-order valence-corrected chi connectivity index (χ0v) is 23.6. The van der Waals surface area contributed by atoms with E-state index >= 15 is 0 Å². The van der Waals surface area contributed by atoms with Crippen LogP contribution in [0.5, 0.6) is 0 Å². The lowest BCUT2D eigenvalue weighted by Gasteiger charge is -2.35. The SMILES string of the molecule is CCc1ccc(CN2CCN(C(=O)c3cccc4c3C(S(=O)(=O)c3ccccc3)CS4(O)O)CC2)cc1.Cl. The first-order valence-electron chi connectivity index (χ1n) is 12.5. The Morgan fingerprint density at radius 2 is 1.53 bits per heavy atom. The van der Waals surface area contributed by atoms with Gasteiger partial charge in [-0.05, 0) is 41.8 Å². The summed E-state index contributed by atoms with van der Waals surface area (Å²) in [6.45, 7) is 5.39. The molecule has 0 aliphatic carbocycles. The van der Waals surface area contributed by atoms with E-state index in [1.54, 1.807) is 35.2 Å². The third-order valence-corrected chi connectivity index (χ3v) is 11.4. The van der Waals surface area contributed by atoms with Crippen LogP contribution in [0.2, 0.25) is 0 Å². The fourth-order valence-corrected chi connectivity index (χ4v) is 9.63. The topological polar surface area (TPSA) is 98.2 Å². The zero-order chi connectivity index (χ0) is 26.2. The summed E-state index contributed by atoms with van der Waals surface area (Å²) in [5, 5.41) is -1.19. The van der Waals surface area contributed by atoms with Gasteiger partial charge in [0.1, 0.15) is 5.25 Å². The van der Waals surface area contributed by atoms with Gasteiger partial charge in [0.05, 0.1) is 15.5 Å². The second-order valence-corrected chi connectivity index (χ2v) is 13.9. The van der Waals surface area contributed by atoms with Crippen LogP contribution in [0.3, 0.4) is 0 Å². The van der Waals surface area contributed by atoms with Crippen molar-refractivity contribution >= 4 is 38.7 Å². The van der Waals surface area contributed by atoms with Crippen LogP contribution in [0, 0.1) is 0 Å². The van der Waals surface area contributed by atoms with Crippen LogP contribution < -0.4 is 0 Å². The standard InChI is InChI=1S/C28H32N2O5S2.ClH/c1-2-21-11-13-22(14-12-21)19-29-15-17-30(18-16-29)28(31)24-9-6-10-25-27(24)26(20-36(25,32)33)37(34,35)23-7-4-3-5-8-23;/h3-14,26,32-33H,2,15-20H2,1H3;1H. The van der Waals surface area contributed by atoms with E-state index in [1.165, 1.54) is 29.3 Å². The highest BCUT2D eigenvalue weighted by molar-refractivity contribution is 8.25. The number of carbonyl (C=O) groups excluding carboxylic acids is 1. The van der Waals surface area contributed by atoms with Crippen LogP contribution in [0.4, 0.5) is 0 Å². The summed E-state index contributed by atoms with van der Waals surface area (Å²) in [5.41, 5.74) is 3.01. The molecule has 3 aromatic rings. The maximum atomic E-state index is 13.7. The minimum Gasteiger partial charge on any atom is -0.336 e. The minimum absolute atomic E-state index is 0. The highest BCUT2D eigenvalue weighted by Crippen LogP contribution is 2.62. The molecule has 0 radical (unpaired) electrons. The van der Waals surface area contributed by atoms with Crippen molar-refractivity contribution in [3.05, 3.63) is 95.1 Å². The lowest BCUT2D eigenvalue weighted by atomic mass is 10.0. The Kier molecular flexibility index (Phi) is 8.56. The number of carbonyl (C=O) groups is 1. The number of halogens is 1. The van der Waals surface area contributed by atoms with E-state index in [-0.39, 0.29) is 45.0 Å². The van der Waals surface area contributed by atoms with Crippen molar-refractivity contribution in [3.63, 3.8) is 0 Å². The first-order chi connectivity index (χ1) is 17.7. The van der Waals surface area contributed by atoms with Crippen molar-refractivity contribution < 1.29 is 22.3 Å². The van der Waals surface area contributed by atoms with Crippen molar-refractivity contribution in [2.24, 2.45) is 0 Å². The van der Waals surface area contributed by atoms with Crippen molar-refractivity contribution in [3.8, 4) is 0 Å². The molecule has 1 fully saturated rings. The molecule has 1 unspecified atom stereocenters. The maximum Gasteiger partial charge on any atom is 0.254 e. The maximum absolute atomic E-state index is 13.7. The van der Waals surface area contributed by atoms with Crippen LogP contribution in [-0.4, -0.2) is 65.2 Å².